The minimum atomic E-state index is 0. The minimum absolute atomic E-state index is 0. The Bertz CT molecular complexity index is 1430. The maximum absolute atomic E-state index is 12.8. The second-order valence-electron chi connectivity index (χ2n) is 7.80. The van der Waals surface area contributed by atoms with Crippen LogP contribution in [0.25, 0.3) is 21.8 Å². The Morgan fingerprint density at radius 2 is 1.61 bits per heavy atom. The van der Waals surface area contributed by atoms with E-state index in [1.807, 2.05) is 47.2 Å². The highest BCUT2D eigenvalue weighted by Gasteiger charge is 2.17. The number of ketones is 1. The first-order valence-corrected chi connectivity index (χ1v) is 10.8. The van der Waals surface area contributed by atoms with Gasteiger partial charge in [0.05, 0.1) is 7.11 Å². The molecule has 5 aromatic rings. The molecular weight excluding hydrogens is 500 g/mol. The molecule has 0 aliphatic carbocycles. The molecule has 2 heterocycles. The zero-order chi connectivity index (χ0) is 22.1. The lowest BCUT2D eigenvalue weighted by Crippen LogP contribution is -3.00. The fraction of sp³-hybridized carbons (Fsp3) is 0.111. The van der Waals surface area contributed by atoms with E-state index in [0.717, 1.165) is 28.4 Å². The molecular formula is C27H22BrClN2O2. The van der Waals surface area contributed by atoms with E-state index in [-0.39, 0.29) is 29.3 Å². The fourth-order valence-electron chi connectivity index (χ4n) is 4.11. The molecule has 0 bridgehead atoms. The van der Waals surface area contributed by atoms with Gasteiger partial charge in [0.25, 0.3) is 0 Å². The van der Waals surface area contributed by atoms with E-state index in [0.29, 0.717) is 5.56 Å². The molecule has 4 nitrogen and oxygen atoms in total. The largest absolute Gasteiger partial charge is 1.00 e. The lowest BCUT2D eigenvalue weighted by atomic mass is 10.1. The van der Waals surface area contributed by atoms with Crippen LogP contribution in [-0.4, -0.2) is 17.5 Å². The number of aromatic nitrogens is 2. The number of rotatable bonds is 6. The summed E-state index contributed by atoms with van der Waals surface area (Å²) >= 11 is 6.07. The predicted molar refractivity (Wildman–Crippen MR) is 128 cm³/mol. The molecule has 6 heteroatoms. The van der Waals surface area contributed by atoms with Crippen LogP contribution in [0, 0.1) is 0 Å². The molecule has 0 saturated carbocycles. The van der Waals surface area contributed by atoms with Crippen LogP contribution in [-0.2, 0) is 13.1 Å². The average molecular weight is 522 g/mol. The van der Waals surface area contributed by atoms with Crippen LogP contribution in [0.4, 0.5) is 0 Å². The highest BCUT2D eigenvalue weighted by atomic mass is 79.9. The monoisotopic (exact) mass is 520 g/mol. The summed E-state index contributed by atoms with van der Waals surface area (Å²) in [5.74, 6) is 0.791. The number of halogens is 2. The average Bonchev–Trinajstić information content (AvgIpc) is 3.13. The van der Waals surface area contributed by atoms with Gasteiger partial charge in [-0.3, -0.25) is 4.79 Å². The van der Waals surface area contributed by atoms with Gasteiger partial charge in [0.2, 0.25) is 12.3 Å². The molecule has 0 aliphatic rings. The first-order chi connectivity index (χ1) is 15.6. The van der Waals surface area contributed by atoms with Crippen molar-refractivity contribution >= 4 is 39.2 Å². The highest BCUT2D eigenvalue weighted by Crippen LogP contribution is 2.29. The number of carbonyl (C=O) groups is 1. The number of ether oxygens (including phenoxy) is 1. The van der Waals surface area contributed by atoms with Gasteiger partial charge in [-0.2, -0.15) is 4.57 Å². The van der Waals surface area contributed by atoms with Gasteiger partial charge in [0, 0.05) is 39.5 Å². The van der Waals surface area contributed by atoms with Gasteiger partial charge in [-0.1, -0.05) is 41.9 Å². The summed E-state index contributed by atoms with van der Waals surface area (Å²) in [7, 11) is 1.62. The van der Waals surface area contributed by atoms with Crippen molar-refractivity contribution in [2.24, 2.45) is 0 Å². The second-order valence-corrected chi connectivity index (χ2v) is 8.23. The van der Waals surface area contributed by atoms with E-state index in [4.69, 9.17) is 16.3 Å². The van der Waals surface area contributed by atoms with Gasteiger partial charge in [-0.15, -0.1) is 0 Å². The molecule has 0 fully saturated rings. The quantitative estimate of drug-likeness (QED) is 0.254. The Labute approximate surface area is 207 Å². The predicted octanol–water partition coefficient (Wildman–Crippen LogP) is 2.68. The number of benzene rings is 3. The van der Waals surface area contributed by atoms with E-state index in [9.17, 15) is 4.79 Å². The number of para-hydroxylation sites is 1. The van der Waals surface area contributed by atoms with Crippen LogP contribution >= 0.6 is 11.6 Å². The number of fused-ring (bicyclic) bond motifs is 3. The van der Waals surface area contributed by atoms with Crippen LogP contribution in [0.15, 0.2) is 91.3 Å². The molecule has 0 spiro atoms. The van der Waals surface area contributed by atoms with E-state index in [2.05, 4.69) is 41.1 Å². The van der Waals surface area contributed by atoms with Crippen molar-refractivity contribution in [2.75, 3.05) is 7.11 Å². The summed E-state index contributed by atoms with van der Waals surface area (Å²) in [4.78, 5) is 12.8. The number of hydrogen-bond acceptors (Lipinski definition) is 2. The third-order valence-electron chi connectivity index (χ3n) is 5.76. The van der Waals surface area contributed by atoms with E-state index in [1.165, 1.54) is 16.3 Å². The molecule has 0 aliphatic heterocycles. The van der Waals surface area contributed by atoms with Crippen molar-refractivity contribution in [3.05, 3.63) is 107 Å². The van der Waals surface area contributed by atoms with Crippen LogP contribution in [0.5, 0.6) is 5.75 Å². The highest BCUT2D eigenvalue weighted by molar-refractivity contribution is 6.30. The number of methoxy groups -OCH3 is 1. The summed E-state index contributed by atoms with van der Waals surface area (Å²) in [6.45, 7) is 0.988. The van der Waals surface area contributed by atoms with Gasteiger partial charge in [0.1, 0.15) is 11.3 Å². The molecule has 2 aromatic heterocycles. The zero-order valence-electron chi connectivity index (χ0n) is 18.0. The van der Waals surface area contributed by atoms with Gasteiger partial charge >= 0.3 is 0 Å². The Hall–Kier alpha value is -3.15. The summed E-state index contributed by atoms with van der Waals surface area (Å²) in [5, 5.41) is 3.10. The summed E-state index contributed by atoms with van der Waals surface area (Å²) in [6.07, 6.45) is 4.04. The molecule has 3 aromatic carbocycles. The summed E-state index contributed by atoms with van der Waals surface area (Å²) < 4.78 is 9.43. The lowest BCUT2D eigenvalue weighted by Gasteiger charge is -2.07. The SMILES string of the molecule is COc1ccc(C(=O)C[n+]2ccc3c4ccccc4n(Cc4ccc(Cl)cc4)c3c2)cc1.[Br-]. The summed E-state index contributed by atoms with van der Waals surface area (Å²) in [5.41, 5.74) is 4.09. The Morgan fingerprint density at radius 1 is 0.909 bits per heavy atom. The van der Waals surface area contributed by atoms with E-state index >= 15 is 0 Å². The smallest absolute Gasteiger partial charge is 0.227 e. The Morgan fingerprint density at radius 3 is 2.33 bits per heavy atom. The molecule has 0 amide bonds. The molecule has 0 unspecified atom stereocenters. The van der Waals surface area contributed by atoms with Gasteiger partial charge < -0.3 is 26.3 Å². The molecule has 0 saturated heterocycles. The lowest BCUT2D eigenvalue weighted by molar-refractivity contribution is -0.682. The minimum Gasteiger partial charge on any atom is -1.00 e. The first kappa shape index (κ1) is 23.0. The fourth-order valence-corrected chi connectivity index (χ4v) is 4.24. The standard InChI is InChI=1S/C27H22ClN2O2.BrH/c1-32-22-12-8-20(9-13-22)27(31)18-29-15-14-24-23-4-2-3-5-25(23)30(26(24)17-29)16-19-6-10-21(28)11-7-19;/h2-15,17H,16,18H2,1H3;1H/q+1;/p-1. The second kappa shape index (κ2) is 9.77. The molecule has 5 rings (SSSR count). The number of carbonyl (C=O) groups excluding carboxylic acids is 1. The third-order valence-corrected chi connectivity index (χ3v) is 6.02. The molecule has 0 radical (unpaired) electrons. The third kappa shape index (κ3) is 4.65. The van der Waals surface area contributed by atoms with Gasteiger partial charge in [-0.05, 0) is 48.0 Å². The van der Waals surface area contributed by atoms with Crippen molar-refractivity contribution in [1.82, 2.24) is 4.57 Å². The van der Waals surface area contributed by atoms with Crippen LogP contribution in [0.3, 0.4) is 0 Å². The zero-order valence-corrected chi connectivity index (χ0v) is 20.4. The molecule has 0 atom stereocenters. The maximum atomic E-state index is 12.8. The van der Waals surface area contributed by atoms with Gasteiger partial charge in [0.15, 0.2) is 12.4 Å². The summed E-state index contributed by atoms with van der Waals surface area (Å²) in [6, 6.07) is 25.6. The van der Waals surface area contributed by atoms with Gasteiger partial charge in [-0.25, -0.2) is 0 Å². The molecule has 33 heavy (non-hydrogen) atoms. The van der Waals surface area contributed by atoms with Crippen molar-refractivity contribution in [3.63, 3.8) is 0 Å². The van der Waals surface area contributed by atoms with Crippen LogP contribution in [0.2, 0.25) is 5.02 Å². The van der Waals surface area contributed by atoms with Crippen LogP contribution in [0.1, 0.15) is 15.9 Å². The van der Waals surface area contributed by atoms with Crippen molar-refractivity contribution < 1.29 is 31.1 Å². The molecule has 166 valence electrons. The number of Topliss-reactive ketones (excluding diaryl/α,β-unsaturated/α-hetero) is 1. The van der Waals surface area contributed by atoms with E-state index in [1.54, 1.807) is 19.2 Å². The Kier molecular flexibility index (Phi) is 6.82. The number of hydrogen-bond donors (Lipinski definition) is 0. The van der Waals surface area contributed by atoms with Crippen molar-refractivity contribution in [3.8, 4) is 5.75 Å². The molecule has 0 N–H and O–H groups in total. The normalized spacial score (nSPS) is 10.8. The van der Waals surface area contributed by atoms with Crippen molar-refractivity contribution in [1.29, 1.82) is 0 Å². The van der Waals surface area contributed by atoms with Crippen LogP contribution < -0.4 is 26.3 Å². The van der Waals surface area contributed by atoms with Crippen molar-refractivity contribution in [2.45, 2.75) is 13.1 Å². The van der Waals surface area contributed by atoms with E-state index < -0.39 is 0 Å². The topological polar surface area (TPSA) is 35.1 Å². The first-order valence-electron chi connectivity index (χ1n) is 10.4. The Balaban J connectivity index is 0.00000259. The number of nitrogens with zero attached hydrogens (tertiary/aromatic N) is 2. The maximum Gasteiger partial charge on any atom is 0.227 e. The number of pyridine rings is 1.